The Morgan fingerprint density at radius 3 is 2.68 bits per heavy atom. The van der Waals surface area contributed by atoms with Crippen LogP contribution >= 0.6 is 23.2 Å². The number of benzene rings is 2. The van der Waals surface area contributed by atoms with Crippen LogP contribution in [0.1, 0.15) is 37.8 Å². The molecule has 28 heavy (non-hydrogen) atoms. The van der Waals surface area contributed by atoms with E-state index in [1.54, 1.807) is 18.2 Å². The molecule has 6 heteroatoms. The molecular weight excluding hydrogens is 402 g/mol. The third kappa shape index (κ3) is 2.86. The van der Waals surface area contributed by atoms with Gasteiger partial charge in [-0.25, -0.2) is 4.39 Å². The van der Waals surface area contributed by atoms with Gasteiger partial charge in [-0.2, -0.15) is 0 Å². The first-order valence-electron chi connectivity index (χ1n) is 9.19. The second kappa shape index (κ2) is 6.87. The summed E-state index contributed by atoms with van der Waals surface area (Å²) < 4.78 is 19.8. The lowest BCUT2D eigenvalue weighted by Crippen LogP contribution is -2.37. The molecule has 146 valence electrons. The van der Waals surface area contributed by atoms with Crippen molar-refractivity contribution < 1.29 is 19.0 Å². The molecule has 2 atom stereocenters. The first-order chi connectivity index (χ1) is 13.3. The molecule has 2 bridgehead atoms. The molecule has 4 rings (SSSR count). The highest BCUT2D eigenvalue weighted by atomic mass is 35.5. The number of ketones is 1. The molecule has 2 aromatic rings. The van der Waals surface area contributed by atoms with Crippen LogP contribution in [0, 0.1) is 5.82 Å². The van der Waals surface area contributed by atoms with Crippen LogP contribution in [-0.4, -0.2) is 22.6 Å². The number of aliphatic hydroxyl groups is 1. The van der Waals surface area contributed by atoms with Gasteiger partial charge in [0.25, 0.3) is 0 Å². The maximum atomic E-state index is 14.1. The number of halogens is 3. The zero-order chi connectivity index (χ0) is 20.2. The number of rotatable bonds is 3. The molecule has 1 fully saturated rings. The molecule has 2 aromatic carbocycles. The first kappa shape index (κ1) is 19.4. The summed E-state index contributed by atoms with van der Waals surface area (Å²) in [7, 11) is 0. The minimum absolute atomic E-state index is 0.00994. The van der Waals surface area contributed by atoms with Gasteiger partial charge in [-0.1, -0.05) is 54.4 Å². The smallest absolute Gasteiger partial charge is 0.195 e. The Balaban J connectivity index is 1.85. The third-order valence-electron chi connectivity index (χ3n) is 5.66. The minimum atomic E-state index is -0.819. The largest absolute Gasteiger partial charge is 0.508 e. The summed E-state index contributed by atoms with van der Waals surface area (Å²) >= 11 is 11.9. The SMILES string of the molecule is CCc1cc(-c2ccc(Cl)c(F)c2Cl)ccc1C1=C(O)[C@@]2(C)CC[C@@H](O2)C1=O. The summed E-state index contributed by atoms with van der Waals surface area (Å²) in [6.07, 6.45) is 1.32. The van der Waals surface area contributed by atoms with Gasteiger partial charge < -0.3 is 9.84 Å². The molecule has 0 aromatic heterocycles. The van der Waals surface area contributed by atoms with Crippen molar-refractivity contribution in [1.29, 1.82) is 0 Å². The molecule has 2 aliphatic heterocycles. The van der Waals surface area contributed by atoms with Crippen LogP contribution < -0.4 is 0 Å². The van der Waals surface area contributed by atoms with Crippen molar-refractivity contribution in [2.45, 2.75) is 44.8 Å². The van der Waals surface area contributed by atoms with Crippen molar-refractivity contribution in [2.75, 3.05) is 0 Å². The molecular formula is C22H19Cl2FO3. The van der Waals surface area contributed by atoms with E-state index in [9.17, 15) is 14.3 Å². The van der Waals surface area contributed by atoms with Crippen molar-refractivity contribution in [3.05, 3.63) is 63.1 Å². The molecule has 2 heterocycles. The number of hydrogen-bond acceptors (Lipinski definition) is 3. The zero-order valence-electron chi connectivity index (χ0n) is 15.5. The van der Waals surface area contributed by atoms with E-state index in [1.807, 2.05) is 19.9 Å². The lowest BCUT2D eigenvalue weighted by atomic mass is 9.87. The molecule has 1 N–H and O–H groups in total. The van der Waals surface area contributed by atoms with E-state index in [-0.39, 0.29) is 21.6 Å². The van der Waals surface area contributed by atoms with Crippen LogP contribution in [0.2, 0.25) is 10.0 Å². The first-order valence-corrected chi connectivity index (χ1v) is 9.95. The van der Waals surface area contributed by atoms with Gasteiger partial charge in [-0.3, -0.25) is 4.79 Å². The number of aryl methyl sites for hydroxylation is 1. The fraction of sp³-hybridized carbons (Fsp3) is 0.318. The van der Waals surface area contributed by atoms with E-state index in [1.165, 1.54) is 6.07 Å². The normalized spacial score (nSPS) is 24.2. The summed E-state index contributed by atoms with van der Waals surface area (Å²) in [5, 5.41) is 10.7. The number of fused-ring (bicyclic) bond motifs is 2. The number of hydrogen-bond donors (Lipinski definition) is 1. The maximum absolute atomic E-state index is 14.1. The van der Waals surface area contributed by atoms with Gasteiger partial charge >= 0.3 is 0 Å². The fourth-order valence-electron chi connectivity index (χ4n) is 4.05. The monoisotopic (exact) mass is 420 g/mol. The van der Waals surface area contributed by atoms with E-state index < -0.39 is 17.5 Å². The summed E-state index contributed by atoms with van der Waals surface area (Å²) in [6, 6.07) is 8.56. The van der Waals surface area contributed by atoms with Crippen molar-refractivity contribution in [3.63, 3.8) is 0 Å². The maximum Gasteiger partial charge on any atom is 0.195 e. The van der Waals surface area contributed by atoms with Crippen LogP contribution in [-0.2, 0) is 16.0 Å². The predicted molar refractivity (Wildman–Crippen MR) is 108 cm³/mol. The van der Waals surface area contributed by atoms with Crippen LogP contribution in [0.4, 0.5) is 4.39 Å². The van der Waals surface area contributed by atoms with Gasteiger partial charge in [0.05, 0.1) is 15.6 Å². The summed E-state index contributed by atoms with van der Waals surface area (Å²) in [5.41, 5.74) is 2.29. The topological polar surface area (TPSA) is 46.5 Å². The quantitative estimate of drug-likeness (QED) is 0.605. The van der Waals surface area contributed by atoms with Gasteiger partial charge in [-0.05, 0) is 48.9 Å². The van der Waals surface area contributed by atoms with E-state index in [0.29, 0.717) is 36.0 Å². The molecule has 3 nitrogen and oxygen atoms in total. The Hall–Kier alpha value is -1.88. The van der Waals surface area contributed by atoms with E-state index in [0.717, 1.165) is 11.1 Å². The Kier molecular flexibility index (Phi) is 4.77. The highest BCUT2D eigenvalue weighted by molar-refractivity contribution is 6.36. The van der Waals surface area contributed by atoms with E-state index in [4.69, 9.17) is 27.9 Å². The Morgan fingerprint density at radius 1 is 1.25 bits per heavy atom. The summed E-state index contributed by atoms with van der Waals surface area (Å²) in [6.45, 7) is 3.77. The van der Waals surface area contributed by atoms with Gasteiger partial charge in [0.15, 0.2) is 11.6 Å². The Labute approximate surface area is 172 Å². The fourth-order valence-corrected chi connectivity index (χ4v) is 4.53. The molecule has 0 spiro atoms. The number of aliphatic hydroxyl groups excluding tert-OH is 1. The van der Waals surface area contributed by atoms with E-state index in [2.05, 4.69) is 0 Å². The number of carbonyl (C=O) groups excluding carboxylic acids is 1. The van der Waals surface area contributed by atoms with Gasteiger partial charge in [0.1, 0.15) is 17.5 Å². The second-order valence-corrected chi connectivity index (χ2v) is 8.20. The van der Waals surface area contributed by atoms with Crippen LogP contribution in [0.3, 0.4) is 0 Å². The predicted octanol–water partition coefficient (Wildman–Crippen LogP) is 6.15. The van der Waals surface area contributed by atoms with Crippen molar-refractivity contribution in [3.8, 4) is 11.1 Å². The van der Waals surface area contributed by atoms with Crippen molar-refractivity contribution in [2.24, 2.45) is 0 Å². The second-order valence-electron chi connectivity index (χ2n) is 7.41. The standard InChI is InChI=1S/C22H19Cl2FO3/c1-3-11-10-12(14-6-7-15(23)19(25)18(14)24)4-5-13(11)17-20(26)16-8-9-22(2,28-16)21(17)27/h4-7,10,16,27H,3,8-9H2,1-2H3/t16-,22-/m1/s1. The molecule has 2 aliphatic rings. The van der Waals surface area contributed by atoms with Crippen LogP contribution in [0.5, 0.6) is 0 Å². The molecule has 0 saturated carbocycles. The minimum Gasteiger partial charge on any atom is -0.508 e. The van der Waals surface area contributed by atoms with Gasteiger partial charge in [-0.15, -0.1) is 0 Å². The molecule has 0 amide bonds. The molecule has 0 aliphatic carbocycles. The van der Waals surface area contributed by atoms with Crippen molar-refractivity contribution >= 4 is 34.6 Å². The summed E-state index contributed by atoms with van der Waals surface area (Å²) in [5.74, 6) is -0.859. The molecule has 0 radical (unpaired) electrons. The number of carbonyl (C=O) groups is 1. The number of Topliss-reactive ketones (excluding diaryl/α,β-unsaturated/α-hetero) is 1. The lowest BCUT2D eigenvalue weighted by Gasteiger charge is -2.31. The third-order valence-corrected chi connectivity index (χ3v) is 6.33. The van der Waals surface area contributed by atoms with Crippen LogP contribution in [0.25, 0.3) is 16.7 Å². The van der Waals surface area contributed by atoms with Gasteiger partial charge in [0, 0.05) is 5.56 Å². The van der Waals surface area contributed by atoms with Crippen molar-refractivity contribution in [1.82, 2.24) is 0 Å². The lowest BCUT2D eigenvalue weighted by molar-refractivity contribution is -0.130. The Bertz CT molecular complexity index is 1030. The van der Waals surface area contributed by atoms with Gasteiger partial charge in [0.2, 0.25) is 0 Å². The molecule has 1 saturated heterocycles. The highest BCUT2D eigenvalue weighted by Gasteiger charge is 2.50. The zero-order valence-corrected chi connectivity index (χ0v) is 17.0. The Morgan fingerprint density at radius 2 is 1.96 bits per heavy atom. The van der Waals surface area contributed by atoms with E-state index >= 15 is 0 Å². The average molecular weight is 421 g/mol. The highest BCUT2D eigenvalue weighted by Crippen LogP contribution is 2.46. The van der Waals surface area contributed by atoms with Crippen LogP contribution in [0.15, 0.2) is 36.1 Å². The number of ether oxygens (including phenoxy) is 1. The summed E-state index contributed by atoms with van der Waals surface area (Å²) in [4.78, 5) is 12.9. The average Bonchev–Trinajstić information content (AvgIpc) is 3.06. The molecule has 0 unspecified atom stereocenters.